The highest BCUT2D eigenvalue weighted by Gasteiger charge is 2.16. The number of anilines is 1. The molecule has 0 unspecified atom stereocenters. The number of hydrogen-bond acceptors (Lipinski definition) is 4. The molecule has 168 valence electrons. The van der Waals surface area contributed by atoms with Crippen LogP contribution in [0, 0.1) is 0 Å². The third-order valence-corrected chi connectivity index (χ3v) is 6.62. The van der Waals surface area contributed by atoms with Crippen LogP contribution in [-0.4, -0.2) is 27.5 Å². The van der Waals surface area contributed by atoms with Crippen LogP contribution in [0.1, 0.15) is 10.4 Å². The van der Waals surface area contributed by atoms with E-state index in [1.807, 2.05) is 42.5 Å². The number of benzene rings is 4. The molecule has 8 heteroatoms. The van der Waals surface area contributed by atoms with Crippen LogP contribution < -0.4 is 14.8 Å². The van der Waals surface area contributed by atoms with E-state index in [0.29, 0.717) is 5.75 Å². The minimum absolute atomic E-state index is 0.122. The van der Waals surface area contributed by atoms with E-state index in [9.17, 15) is 13.2 Å². The number of carbonyl (C=O) groups is 1. The zero-order valence-corrected chi connectivity index (χ0v) is 19.1. The minimum Gasteiger partial charge on any atom is -0.492 e. The highest BCUT2D eigenvalue weighted by Crippen LogP contribution is 2.23. The van der Waals surface area contributed by atoms with E-state index < -0.39 is 15.9 Å². The molecule has 4 rings (SSSR count). The lowest BCUT2D eigenvalue weighted by Gasteiger charge is -2.12. The van der Waals surface area contributed by atoms with Crippen molar-refractivity contribution in [3.05, 3.63) is 102 Å². The van der Waals surface area contributed by atoms with E-state index in [4.69, 9.17) is 16.3 Å². The van der Waals surface area contributed by atoms with E-state index >= 15 is 0 Å². The molecule has 0 radical (unpaired) electrons. The molecule has 4 aromatic rings. The summed E-state index contributed by atoms with van der Waals surface area (Å²) >= 11 is 6.17. The number of hydrogen-bond donors (Lipinski definition) is 2. The van der Waals surface area contributed by atoms with Gasteiger partial charge in [0, 0.05) is 5.69 Å². The SMILES string of the molecule is O=C(NCCOc1ccc2ccccc2c1)c1cc(NS(=O)(=O)c2ccccc2)ccc1Cl. The van der Waals surface area contributed by atoms with E-state index in [1.165, 1.54) is 30.3 Å². The van der Waals surface area contributed by atoms with Crippen molar-refractivity contribution in [3.8, 4) is 5.75 Å². The zero-order chi connectivity index (χ0) is 23.3. The topological polar surface area (TPSA) is 84.5 Å². The highest BCUT2D eigenvalue weighted by atomic mass is 35.5. The molecule has 0 aliphatic rings. The van der Waals surface area contributed by atoms with Crippen LogP contribution in [0.4, 0.5) is 5.69 Å². The van der Waals surface area contributed by atoms with E-state index in [2.05, 4.69) is 10.0 Å². The third kappa shape index (κ3) is 5.63. The Labute approximate surface area is 197 Å². The summed E-state index contributed by atoms with van der Waals surface area (Å²) in [6, 6.07) is 26.1. The Morgan fingerprint density at radius 2 is 1.58 bits per heavy atom. The lowest BCUT2D eigenvalue weighted by molar-refractivity contribution is 0.0947. The van der Waals surface area contributed by atoms with Crippen LogP contribution in [0.25, 0.3) is 10.8 Å². The van der Waals surface area contributed by atoms with Crippen molar-refractivity contribution in [2.24, 2.45) is 0 Å². The molecule has 0 atom stereocenters. The van der Waals surface area contributed by atoms with Gasteiger partial charge in [-0.3, -0.25) is 9.52 Å². The van der Waals surface area contributed by atoms with Crippen molar-refractivity contribution < 1.29 is 17.9 Å². The number of rotatable bonds is 8. The summed E-state index contributed by atoms with van der Waals surface area (Å²) in [6.07, 6.45) is 0. The number of halogens is 1. The van der Waals surface area contributed by atoms with Crippen molar-refractivity contribution in [2.75, 3.05) is 17.9 Å². The first kappa shape index (κ1) is 22.6. The van der Waals surface area contributed by atoms with Gasteiger partial charge in [0.2, 0.25) is 0 Å². The van der Waals surface area contributed by atoms with Crippen molar-refractivity contribution in [3.63, 3.8) is 0 Å². The summed E-state index contributed by atoms with van der Waals surface area (Å²) < 4.78 is 33.3. The molecule has 0 bridgehead atoms. The highest BCUT2D eigenvalue weighted by molar-refractivity contribution is 7.92. The lowest BCUT2D eigenvalue weighted by Crippen LogP contribution is -2.28. The summed E-state index contributed by atoms with van der Waals surface area (Å²) in [6.45, 7) is 0.518. The summed E-state index contributed by atoms with van der Waals surface area (Å²) in [5, 5.41) is 5.15. The molecular weight excluding hydrogens is 460 g/mol. The van der Waals surface area contributed by atoms with Gasteiger partial charge in [-0.1, -0.05) is 60.1 Å². The molecule has 0 aliphatic carbocycles. The maximum Gasteiger partial charge on any atom is 0.261 e. The van der Waals surface area contributed by atoms with Crippen LogP contribution in [0.2, 0.25) is 5.02 Å². The molecule has 0 heterocycles. The van der Waals surface area contributed by atoms with Crippen LogP contribution in [0.3, 0.4) is 0 Å². The minimum atomic E-state index is -3.78. The van der Waals surface area contributed by atoms with Gasteiger partial charge in [0.05, 0.1) is 22.0 Å². The van der Waals surface area contributed by atoms with Crippen molar-refractivity contribution in [1.82, 2.24) is 5.32 Å². The van der Waals surface area contributed by atoms with Gasteiger partial charge in [-0.25, -0.2) is 8.42 Å². The van der Waals surface area contributed by atoms with Crippen LogP contribution in [0.15, 0.2) is 95.9 Å². The van der Waals surface area contributed by atoms with Crippen LogP contribution >= 0.6 is 11.6 Å². The molecule has 0 spiro atoms. The second-order valence-electron chi connectivity index (χ2n) is 7.23. The molecule has 4 aromatic carbocycles. The number of amides is 1. The molecule has 0 aromatic heterocycles. The summed E-state index contributed by atoms with van der Waals surface area (Å²) in [4.78, 5) is 12.7. The van der Waals surface area contributed by atoms with Crippen molar-refractivity contribution in [1.29, 1.82) is 0 Å². The number of ether oxygens (including phenoxy) is 1. The summed E-state index contributed by atoms with van der Waals surface area (Å²) in [5.41, 5.74) is 0.399. The molecule has 0 saturated heterocycles. The van der Waals surface area contributed by atoms with Gasteiger partial charge in [-0.2, -0.15) is 0 Å². The van der Waals surface area contributed by atoms with E-state index in [0.717, 1.165) is 10.8 Å². The fourth-order valence-electron chi connectivity index (χ4n) is 3.26. The Balaban J connectivity index is 1.36. The van der Waals surface area contributed by atoms with E-state index in [-0.39, 0.29) is 34.3 Å². The van der Waals surface area contributed by atoms with Crippen LogP contribution in [-0.2, 0) is 10.0 Å². The maximum absolute atomic E-state index is 12.6. The first-order valence-electron chi connectivity index (χ1n) is 10.2. The van der Waals surface area contributed by atoms with Gasteiger partial charge in [0.15, 0.2) is 0 Å². The standard InChI is InChI=1S/C25H21ClN2O4S/c26-24-13-11-20(28-33(30,31)22-8-2-1-3-9-22)17-23(24)25(29)27-14-15-32-21-12-10-18-6-4-5-7-19(18)16-21/h1-13,16-17,28H,14-15H2,(H,27,29). The first-order chi connectivity index (χ1) is 15.9. The average Bonchev–Trinajstić information content (AvgIpc) is 2.83. The Morgan fingerprint density at radius 3 is 2.36 bits per heavy atom. The number of nitrogens with one attached hydrogen (secondary N) is 2. The molecule has 6 nitrogen and oxygen atoms in total. The third-order valence-electron chi connectivity index (χ3n) is 4.89. The maximum atomic E-state index is 12.6. The van der Waals surface area contributed by atoms with Gasteiger partial charge in [0.25, 0.3) is 15.9 Å². The lowest BCUT2D eigenvalue weighted by atomic mass is 10.1. The fraction of sp³-hybridized carbons (Fsp3) is 0.0800. The Morgan fingerprint density at radius 1 is 0.848 bits per heavy atom. The Bertz CT molecular complexity index is 1390. The molecule has 1 amide bonds. The number of sulfonamides is 1. The van der Waals surface area contributed by atoms with Crippen LogP contribution in [0.5, 0.6) is 5.75 Å². The Kier molecular flexibility index (Phi) is 6.82. The van der Waals surface area contributed by atoms with Gasteiger partial charge < -0.3 is 10.1 Å². The summed E-state index contributed by atoms with van der Waals surface area (Å²) in [7, 11) is -3.78. The van der Waals surface area contributed by atoms with Gasteiger partial charge in [-0.05, 0) is 53.2 Å². The molecule has 2 N–H and O–H groups in total. The van der Waals surface area contributed by atoms with E-state index in [1.54, 1.807) is 18.2 Å². The van der Waals surface area contributed by atoms with Gasteiger partial charge >= 0.3 is 0 Å². The predicted molar refractivity (Wildman–Crippen MR) is 130 cm³/mol. The van der Waals surface area contributed by atoms with Crippen molar-refractivity contribution >= 4 is 44.0 Å². The normalized spacial score (nSPS) is 11.2. The molecule has 0 fully saturated rings. The number of fused-ring (bicyclic) bond motifs is 1. The fourth-order valence-corrected chi connectivity index (χ4v) is 4.54. The first-order valence-corrected chi connectivity index (χ1v) is 12.1. The molecular formula is C25H21ClN2O4S. The molecule has 33 heavy (non-hydrogen) atoms. The Hall–Kier alpha value is -3.55. The largest absolute Gasteiger partial charge is 0.492 e. The zero-order valence-electron chi connectivity index (χ0n) is 17.5. The van der Waals surface area contributed by atoms with Crippen molar-refractivity contribution in [2.45, 2.75) is 4.90 Å². The second kappa shape index (κ2) is 9.94. The smallest absolute Gasteiger partial charge is 0.261 e. The summed E-state index contributed by atoms with van der Waals surface area (Å²) in [5.74, 6) is 0.279. The quantitative estimate of drug-likeness (QED) is 0.343. The monoisotopic (exact) mass is 480 g/mol. The van der Waals surface area contributed by atoms with Gasteiger partial charge in [-0.15, -0.1) is 0 Å². The average molecular weight is 481 g/mol. The molecule has 0 aliphatic heterocycles. The second-order valence-corrected chi connectivity index (χ2v) is 9.32. The predicted octanol–water partition coefficient (Wildman–Crippen LogP) is 5.10. The van der Waals surface area contributed by atoms with Gasteiger partial charge in [0.1, 0.15) is 12.4 Å². The molecule has 0 saturated carbocycles. The number of carbonyl (C=O) groups excluding carboxylic acids is 1.